The first-order valence-corrected chi connectivity index (χ1v) is 12.8. The zero-order chi connectivity index (χ0) is 27.9. The number of halogens is 2. The fourth-order valence-corrected chi connectivity index (χ4v) is 4.50. The smallest absolute Gasteiger partial charge is 0.123 e. The highest BCUT2D eigenvalue weighted by molar-refractivity contribution is 6.35. The van der Waals surface area contributed by atoms with Crippen molar-refractivity contribution < 1.29 is 10.9 Å². The Labute approximate surface area is 226 Å². The lowest BCUT2D eigenvalue weighted by Crippen LogP contribution is -2.37. The molecule has 2 heterocycles. The van der Waals surface area contributed by atoms with Crippen LogP contribution in [0.5, 0.6) is 0 Å². The van der Waals surface area contributed by atoms with E-state index >= 15 is 0 Å². The van der Waals surface area contributed by atoms with Gasteiger partial charge in [-0.3, -0.25) is 4.98 Å². The number of pyridine rings is 1. The number of nitriles is 1. The SMILES string of the molecule is [2H][C@@](Nc1cc(Cl)c2ncc(C#N)c(N[C@@H](CO)C(C)(C)C)c2c1)(c1ccc(F)cc1)c1cn(C2CC2)nn1. The molecule has 4 aromatic rings. The van der Waals surface area contributed by atoms with Gasteiger partial charge in [0, 0.05) is 17.3 Å². The number of anilines is 2. The summed E-state index contributed by atoms with van der Waals surface area (Å²) in [6.07, 6.45) is 5.20. The van der Waals surface area contributed by atoms with E-state index < -0.39 is 11.8 Å². The molecule has 38 heavy (non-hydrogen) atoms. The maximum atomic E-state index is 13.8. The summed E-state index contributed by atoms with van der Waals surface area (Å²) in [7, 11) is 0. The molecule has 1 saturated carbocycles. The van der Waals surface area contributed by atoms with Crippen LogP contribution in [0.2, 0.25) is 5.02 Å². The zero-order valence-corrected chi connectivity index (χ0v) is 22.1. The summed E-state index contributed by atoms with van der Waals surface area (Å²) in [6, 6.07) is 9.51. The van der Waals surface area contributed by atoms with Crippen LogP contribution >= 0.6 is 11.6 Å². The van der Waals surface area contributed by atoms with E-state index in [2.05, 4.69) is 32.0 Å². The first-order valence-electron chi connectivity index (χ1n) is 12.9. The molecule has 196 valence electrons. The Kier molecular flexibility index (Phi) is 6.60. The van der Waals surface area contributed by atoms with Gasteiger partial charge in [-0.2, -0.15) is 5.26 Å². The van der Waals surface area contributed by atoms with Crippen LogP contribution in [0.15, 0.2) is 48.8 Å². The van der Waals surface area contributed by atoms with Gasteiger partial charge in [-0.05, 0) is 48.1 Å². The van der Waals surface area contributed by atoms with Crippen LogP contribution in [0.1, 0.15) is 63.9 Å². The third-order valence-corrected chi connectivity index (χ3v) is 6.97. The van der Waals surface area contributed by atoms with Crippen LogP contribution in [0.3, 0.4) is 0 Å². The van der Waals surface area contributed by atoms with Crippen molar-refractivity contribution >= 4 is 33.9 Å². The first kappa shape index (κ1) is 24.6. The molecule has 2 aromatic heterocycles. The largest absolute Gasteiger partial charge is 0.394 e. The normalized spacial score (nSPS) is 16.4. The molecular formula is C28H29ClFN7O. The van der Waals surface area contributed by atoms with Crippen LogP contribution < -0.4 is 10.6 Å². The van der Waals surface area contributed by atoms with Gasteiger partial charge in [0.05, 0.1) is 54.1 Å². The Morgan fingerprint density at radius 3 is 2.63 bits per heavy atom. The number of aliphatic hydroxyl groups excluding tert-OH is 1. The molecule has 1 aliphatic rings. The number of nitrogens with one attached hydrogen (secondary N) is 2. The van der Waals surface area contributed by atoms with Crippen molar-refractivity contribution in [3.05, 3.63) is 76.5 Å². The van der Waals surface area contributed by atoms with Gasteiger partial charge in [-0.15, -0.1) is 5.10 Å². The van der Waals surface area contributed by atoms with Gasteiger partial charge in [-0.25, -0.2) is 9.07 Å². The number of hydrogen-bond donors (Lipinski definition) is 3. The molecule has 0 saturated heterocycles. The lowest BCUT2D eigenvalue weighted by atomic mass is 9.87. The van der Waals surface area contributed by atoms with E-state index in [1.54, 1.807) is 23.0 Å². The second kappa shape index (κ2) is 10.2. The molecule has 0 aliphatic heterocycles. The Hall–Kier alpha value is -3.74. The maximum absolute atomic E-state index is 13.8. The van der Waals surface area contributed by atoms with E-state index in [4.69, 9.17) is 11.6 Å². The fourth-order valence-electron chi connectivity index (χ4n) is 4.24. The highest BCUT2D eigenvalue weighted by atomic mass is 35.5. The van der Waals surface area contributed by atoms with Gasteiger partial charge >= 0.3 is 0 Å². The molecule has 10 heteroatoms. The Morgan fingerprint density at radius 1 is 1.26 bits per heavy atom. The number of fused-ring (bicyclic) bond motifs is 1. The Bertz CT molecular complexity index is 1560. The van der Waals surface area contributed by atoms with E-state index in [9.17, 15) is 16.1 Å². The van der Waals surface area contributed by atoms with Crippen molar-refractivity contribution in [3.8, 4) is 6.07 Å². The number of aliphatic hydroxyl groups is 1. The highest BCUT2D eigenvalue weighted by Crippen LogP contribution is 2.38. The topological polar surface area (TPSA) is 112 Å². The minimum Gasteiger partial charge on any atom is -0.394 e. The summed E-state index contributed by atoms with van der Waals surface area (Å²) < 4.78 is 25.1. The molecule has 8 nitrogen and oxygen atoms in total. The number of benzene rings is 2. The molecule has 0 amide bonds. The quantitative estimate of drug-likeness (QED) is 0.260. The van der Waals surface area contributed by atoms with E-state index in [1.807, 2.05) is 20.8 Å². The van der Waals surface area contributed by atoms with Gasteiger partial charge in [0.25, 0.3) is 0 Å². The summed E-state index contributed by atoms with van der Waals surface area (Å²) in [5.74, 6) is -0.417. The van der Waals surface area contributed by atoms with Crippen molar-refractivity contribution in [2.24, 2.45) is 5.41 Å². The van der Waals surface area contributed by atoms with Gasteiger partial charge < -0.3 is 15.7 Å². The molecule has 0 spiro atoms. The second-order valence-corrected chi connectivity index (χ2v) is 11.0. The molecule has 0 bridgehead atoms. The fraction of sp³-hybridized carbons (Fsp3) is 0.357. The van der Waals surface area contributed by atoms with Crippen LogP contribution in [0.25, 0.3) is 10.9 Å². The summed E-state index contributed by atoms with van der Waals surface area (Å²) >= 11 is 6.68. The average Bonchev–Trinajstić information content (AvgIpc) is 3.62. The number of aromatic nitrogens is 4. The Morgan fingerprint density at radius 2 is 2.00 bits per heavy atom. The molecule has 0 radical (unpaired) electrons. The molecule has 5 rings (SSSR count). The number of rotatable bonds is 8. The van der Waals surface area contributed by atoms with Crippen LogP contribution in [0.4, 0.5) is 15.8 Å². The third kappa shape index (κ3) is 5.28. The minimum atomic E-state index is -1.63. The molecule has 1 fully saturated rings. The van der Waals surface area contributed by atoms with E-state index in [1.165, 1.54) is 30.5 Å². The summed E-state index contributed by atoms with van der Waals surface area (Å²) in [5.41, 5.74) is 2.19. The number of nitrogens with zero attached hydrogens (tertiary/aromatic N) is 5. The van der Waals surface area contributed by atoms with Gasteiger partial charge in [0.1, 0.15) is 17.6 Å². The highest BCUT2D eigenvalue weighted by Gasteiger charge is 2.28. The average molecular weight is 535 g/mol. The third-order valence-electron chi connectivity index (χ3n) is 6.68. The standard InChI is InChI=1S/C28H29ClFN7O/c1-28(2,3)24(15-38)34-25-17(12-31)13-32-27-21(25)10-19(11-22(27)29)33-26(16-4-6-18(30)7-5-16)23-14-37(36-35-23)20-8-9-20/h4-7,10-11,13-14,20,24,26,33,38H,8-9,15H2,1-3H3,(H,32,34)/t24-,26+/m0/s1/i26D. The van der Waals surface area contributed by atoms with Crippen LogP contribution in [-0.4, -0.2) is 37.7 Å². The molecular weight excluding hydrogens is 505 g/mol. The predicted octanol–water partition coefficient (Wildman–Crippen LogP) is 5.85. The summed E-state index contributed by atoms with van der Waals surface area (Å²) in [6.45, 7) is 5.81. The summed E-state index contributed by atoms with van der Waals surface area (Å²) in [4.78, 5) is 4.40. The van der Waals surface area contributed by atoms with Crippen molar-refractivity contribution in [2.45, 2.75) is 51.7 Å². The maximum Gasteiger partial charge on any atom is 0.123 e. The summed E-state index contributed by atoms with van der Waals surface area (Å²) in [5, 5.41) is 35.9. The predicted molar refractivity (Wildman–Crippen MR) is 146 cm³/mol. The van der Waals surface area contributed by atoms with E-state index in [-0.39, 0.29) is 24.1 Å². The zero-order valence-electron chi connectivity index (χ0n) is 22.3. The molecule has 0 unspecified atom stereocenters. The van der Waals surface area contributed by atoms with Crippen molar-refractivity contribution in [1.29, 1.82) is 5.26 Å². The molecule has 2 atom stereocenters. The van der Waals surface area contributed by atoms with Crippen molar-refractivity contribution in [1.82, 2.24) is 20.0 Å². The number of hydrogen-bond acceptors (Lipinski definition) is 7. The minimum absolute atomic E-state index is 0.152. The van der Waals surface area contributed by atoms with Gasteiger partial charge in [0.15, 0.2) is 0 Å². The van der Waals surface area contributed by atoms with Crippen LogP contribution in [0, 0.1) is 22.6 Å². The van der Waals surface area contributed by atoms with Gasteiger partial charge in [-0.1, -0.05) is 49.7 Å². The molecule has 2 aromatic carbocycles. The Balaban J connectivity index is 1.63. The molecule has 3 N–H and O–H groups in total. The van der Waals surface area contributed by atoms with Gasteiger partial charge in [0.2, 0.25) is 0 Å². The van der Waals surface area contributed by atoms with Crippen molar-refractivity contribution in [3.63, 3.8) is 0 Å². The lowest BCUT2D eigenvalue weighted by molar-refractivity contribution is 0.202. The first-order chi connectivity index (χ1) is 18.5. The van der Waals surface area contributed by atoms with E-state index in [0.29, 0.717) is 44.1 Å². The van der Waals surface area contributed by atoms with Crippen LogP contribution in [-0.2, 0) is 0 Å². The molecule has 1 aliphatic carbocycles. The van der Waals surface area contributed by atoms with E-state index in [0.717, 1.165) is 12.8 Å². The van der Waals surface area contributed by atoms with Crippen molar-refractivity contribution in [2.75, 3.05) is 17.2 Å². The lowest BCUT2D eigenvalue weighted by Gasteiger charge is -2.31. The second-order valence-electron chi connectivity index (χ2n) is 10.6. The monoisotopic (exact) mass is 534 g/mol.